The van der Waals surface area contributed by atoms with Crippen molar-refractivity contribution in [1.82, 2.24) is 9.97 Å². The highest BCUT2D eigenvalue weighted by molar-refractivity contribution is 5.98. The number of aromatic nitrogens is 2. The number of aliphatic hydroxyl groups is 1. The maximum absolute atomic E-state index is 15.2. The summed E-state index contributed by atoms with van der Waals surface area (Å²) < 4.78 is 47.4. The SMILES string of the molecule is CC(C)COc1ccc(-c2c[nH]c3nccc(Oc4c(F)cc(NC5=NC[C@](C)(CO)CO5)cc4F)c23)cc1C#N. The van der Waals surface area contributed by atoms with Crippen molar-refractivity contribution < 1.29 is 28.1 Å². The third-order valence-electron chi connectivity index (χ3n) is 6.52. The van der Waals surface area contributed by atoms with Crippen LogP contribution in [0.2, 0.25) is 0 Å². The highest BCUT2D eigenvalue weighted by Gasteiger charge is 2.29. The zero-order valence-electron chi connectivity index (χ0n) is 22.8. The quantitative estimate of drug-likeness (QED) is 0.241. The highest BCUT2D eigenvalue weighted by Crippen LogP contribution is 2.39. The van der Waals surface area contributed by atoms with Gasteiger partial charge < -0.3 is 29.6 Å². The number of halogens is 2. The Morgan fingerprint density at radius 2 is 1.98 bits per heavy atom. The van der Waals surface area contributed by atoms with Gasteiger partial charge in [-0.2, -0.15) is 5.26 Å². The van der Waals surface area contributed by atoms with Crippen molar-refractivity contribution in [3.8, 4) is 34.4 Å². The number of fused-ring (bicyclic) bond motifs is 1. The van der Waals surface area contributed by atoms with Gasteiger partial charge in [-0.1, -0.05) is 26.8 Å². The van der Waals surface area contributed by atoms with E-state index >= 15 is 8.78 Å². The predicted octanol–water partition coefficient (Wildman–Crippen LogP) is 6.00. The van der Waals surface area contributed by atoms with E-state index in [0.29, 0.717) is 52.5 Å². The molecule has 9 nitrogen and oxygen atoms in total. The van der Waals surface area contributed by atoms with Crippen LogP contribution >= 0.6 is 0 Å². The van der Waals surface area contributed by atoms with E-state index in [0.717, 1.165) is 12.1 Å². The number of nitrogens with zero attached hydrogens (tertiary/aromatic N) is 3. The van der Waals surface area contributed by atoms with E-state index < -0.39 is 22.8 Å². The number of benzene rings is 2. The van der Waals surface area contributed by atoms with Crippen LogP contribution in [0, 0.1) is 34.3 Å². The molecule has 1 aliphatic heterocycles. The first-order chi connectivity index (χ1) is 19.7. The van der Waals surface area contributed by atoms with E-state index in [4.69, 9.17) is 14.2 Å². The molecule has 212 valence electrons. The minimum Gasteiger partial charge on any atom is -0.492 e. The van der Waals surface area contributed by atoms with Gasteiger partial charge in [0.15, 0.2) is 17.4 Å². The lowest BCUT2D eigenvalue weighted by Crippen LogP contribution is -2.38. The largest absolute Gasteiger partial charge is 0.492 e. The van der Waals surface area contributed by atoms with Crippen molar-refractivity contribution >= 4 is 22.7 Å². The van der Waals surface area contributed by atoms with Crippen LogP contribution in [0.1, 0.15) is 26.3 Å². The van der Waals surface area contributed by atoms with Crippen LogP contribution in [0.25, 0.3) is 22.2 Å². The molecular weight excluding hydrogens is 532 g/mol. The van der Waals surface area contributed by atoms with Gasteiger partial charge in [0.05, 0.1) is 30.7 Å². The van der Waals surface area contributed by atoms with Crippen LogP contribution in [0.15, 0.2) is 53.8 Å². The summed E-state index contributed by atoms with van der Waals surface area (Å²) in [6, 6.07) is 11.2. The lowest BCUT2D eigenvalue weighted by atomic mass is 9.93. The molecular formula is C30H29F2N5O4. The Bertz CT molecular complexity index is 1640. The average molecular weight is 562 g/mol. The minimum atomic E-state index is -0.940. The molecule has 0 saturated heterocycles. The van der Waals surface area contributed by atoms with Gasteiger partial charge in [-0.05, 0) is 29.7 Å². The zero-order valence-corrected chi connectivity index (χ0v) is 22.8. The van der Waals surface area contributed by atoms with Crippen molar-refractivity contribution in [1.29, 1.82) is 5.26 Å². The Morgan fingerprint density at radius 3 is 2.63 bits per heavy atom. The molecule has 1 atom stereocenters. The van der Waals surface area contributed by atoms with Crippen LogP contribution in [-0.4, -0.2) is 47.5 Å². The Kier molecular flexibility index (Phi) is 7.77. The number of hydrogen-bond acceptors (Lipinski definition) is 8. The molecule has 0 fully saturated rings. The van der Waals surface area contributed by atoms with Gasteiger partial charge >= 0.3 is 0 Å². The van der Waals surface area contributed by atoms with Crippen LogP contribution < -0.4 is 14.8 Å². The molecule has 41 heavy (non-hydrogen) atoms. The number of H-pyrrole nitrogens is 1. The van der Waals surface area contributed by atoms with Gasteiger partial charge in [0.1, 0.15) is 29.8 Å². The van der Waals surface area contributed by atoms with E-state index in [1.165, 1.54) is 12.3 Å². The van der Waals surface area contributed by atoms with Crippen molar-refractivity contribution in [2.75, 3.05) is 31.7 Å². The predicted molar refractivity (Wildman–Crippen MR) is 150 cm³/mol. The molecule has 4 aromatic rings. The summed E-state index contributed by atoms with van der Waals surface area (Å²) in [5.74, 6) is -1.53. The number of rotatable bonds is 8. The summed E-state index contributed by atoms with van der Waals surface area (Å²) in [6.07, 6.45) is 3.16. The Labute approximate surface area is 235 Å². The first kappa shape index (κ1) is 27.9. The number of nitrogens with one attached hydrogen (secondary N) is 2. The minimum absolute atomic E-state index is 0.0877. The molecule has 0 spiro atoms. The first-order valence-electron chi connectivity index (χ1n) is 13.0. The van der Waals surface area contributed by atoms with Gasteiger partial charge in [-0.15, -0.1) is 0 Å². The number of pyridine rings is 1. The summed E-state index contributed by atoms with van der Waals surface area (Å²) in [6.45, 7) is 6.75. The molecule has 0 amide bonds. The van der Waals surface area contributed by atoms with Crippen LogP contribution in [0.5, 0.6) is 17.2 Å². The number of anilines is 1. The lowest BCUT2D eigenvalue weighted by Gasteiger charge is -2.30. The summed E-state index contributed by atoms with van der Waals surface area (Å²) in [7, 11) is 0. The second kappa shape index (κ2) is 11.4. The zero-order chi connectivity index (χ0) is 29.1. The molecule has 0 bridgehead atoms. The van der Waals surface area contributed by atoms with E-state index in [-0.39, 0.29) is 30.7 Å². The first-order valence-corrected chi connectivity index (χ1v) is 13.0. The summed E-state index contributed by atoms with van der Waals surface area (Å²) in [5.41, 5.74) is 1.69. The fourth-order valence-corrected chi connectivity index (χ4v) is 4.24. The number of aromatic amines is 1. The number of aliphatic hydroxyl groups excluding tert-OH is 1. The van der Waals surface area contributed by atoms with Crippen molar-refractivity contribution in [2.45, 2.75) is 20.8 Å². The molecule has 5 rings (SSSR count). The third kappa shape index (κ3) is 5.93. The van der Waals surface area contributed by atoms with E-state index in [1.807, 2.05) is 20.8 Å². The normalized spacial score (nSPS) is 16.7. The van der Waals surface area contributed by atoms with Crippen molar-refractivity contribution in [2.24, 2.45) is 16.3 Å². The average Bonchev–Trinajstić information content (AvgIpc) is 3.40. The van der Waals surface area contributed by atoms with Gasteiger partial charge in [-0.3, -0.25) is 0 Å². The molecule has 0 aliphatic carbocycles. The maximum atomic E-state index is 15.2. The van der Waals surface area contributed by atoms with Gasteiger partial charge in [0, 0.05) is 41.2 Å². The summed E-state index contributed by atoms with van der Waals surface area (Å²) >= 11 is 0. The molecule has 0 radical (unpaired) electrons. The molecule has 1 aliphatic rings. The number of hydrogen-bond donors (Lipinski definition) is 3. The molecule has 3 N–H and O–H groups in total. The lowest BCUT2D eigenvalue weighted by molar-refractivity contribution is 0.0706. The fourth-order valence-electron chi connectivity index (χ4n) is 4.24. The maximum Gasteiger partial charge on any atom is 0.289 e. The Morgan fingerprint density at radius 1 is 1.20 bits per heavy atom. The summed E-state index contributed by atoms with van der Waals surface area (Å²) in [5, 5.41) is 22.4. The van der Waals surface area contributed by atoms with Gasteiger partial charge in [0.25, 0.3) is 6.02 Å². The number of ether oxygens (including phenoxy) is 3. The second-order valence-corrected chi connectivity index (χ2v) is 10.6. The molecule has 2 aromatic carbocycles. The monoisotopic (exact) mass is 561 g/mol. The highest BCUT2D eigenvalue weighted by atomic mass is 19.1. The number of aliphatic imine (C=N–C) groups is 1. The van der Waals surface area contributed by atoms with Crippen LogP contribution in [0.4, 0.5) is 14.5 Å². The topological polar surface area (TPSA) is 125 Å². The molecule has 0 saturated carbocycles. The number of nitriles is 1. The van der Waals surface area contributed by atoms with Crippen LogP contribution in [0.3, 0.4) is 0 Å². The number of amidine groups is 1. The standard InChI is InChI=1S/C30H29F2N5O4/c1-17(2)13-39-24-5-4-18(8-19(24)11-33)21-12-35-28-26(21)25(6-7-34-28)41-27-22(31)9-20(10-23(27)32)37-29-36-14-30(3,15-38)16-40-29/h4-10,12,17,38H,13-16H2,1-3H3,(H,34,35)(H,36,37)/t30-/m1/s1. The smallest absolute Gasteiger partial charge is 0.289 e. The van der Waals surface area contributed by atoms with E-state index in [1.54, 1.807) is 24.4 Å². The molecule has 3 heterocycles. The van der Waals surface area contributed by atoms with Crippen molar-refractivity contribution in [3.63, 3.8) is 0 Å². The van der Waals surface area contributed by atoms with Crippen LogP contribution in [-0.2, 0) is 4.74 Å². The molecule has 11 heteroatoms. The third-order valence-corrected chi connectivity index (χ3v) is 6.52. The van der Waals surface area contributed by atoms with Gasteiger partial charge in [0.2, 0.25) is 0 Å². The second-order valence-electron chi connectivity index (χ2n) is 10.6. The Balaban J connectivity index is 1.43. The summed E-state index contributed by atoms with van der Waals surface area (Å²) in [4.78, 5) is 11.6. The van der Waals surface area contributed by atoms with E-state index in [2.05, 4.69) is 26.3 Å². The fraction of sp³-hybridized carbons (Fsp3) is 0.300. The molecule has 2 aromatic heterocycles. The van der Waals surface area contributed by atoms with Crippen molar-refractivity contribution in [3.05, 3.63) is 66.0 Å². The van der Waals surface area contributed by atoms with Gasteiger partial charge in [-0.25, -0.2) is 18.8 Å². The Hall–Kier alpha value is -4.69. The van der Waals surface area contributed by atoms with E-state index in [9.17, 15) is 10.4 Å². The molecule has 0 unspecified atom stereocenters.